The van der Waals surface area contributed by atoms with Crippen molar-refractivity contribution < 1.29 is 47.6 Å². The lowest BCUT2D eigenvalue weighted by Crippen LogP contribution is -2.65. The van der Waals surface area contributed by atoms with Gasteiger partial charge >= 0.3 is 11.7 Å². The fourth-order valence-corrected chi connectivity index (χ4v) is 5.04. The minimum absolute atomic E-state index is 0.0574. The average Bonchev–Trinajstić information content (AvgIpc) is 2.94. The molecule has 0 aliphatic carbocycles. The molecule has 4 unspecified atom stereocenters. The highest BCUT2D eigenvalue weighted by Gasteiger charge is 2.53. The normalized spacial score (nSPS) is 21.0. The molecular formula is C31H35FN2O10. The van der Waals surface area contributed by atoms with E-state index in [0.29, 0.717) is 0 Å². The minimum Gasteiger partial charge on any atom is -0.505 e. The molecule has 13 heteroatoms. The Kier molecular flexibility index (Phi) is 9.33. The fraction of sp³-hybridized carbons (Fsp3) is 0.387. The zero-order chi connectivity index (χ0) is 32.5. The quantitative estimate of drug-likeness (QED) is 0.213. The summed E-state index contributed by atoms with van der Waals surface area (Å²) in [6, 6.07) is 6.61. The molecule has 4 rings (SSSR count). The van der Waals surface area contributed by atoms with Gasteiger partial charge in [0.1, 0.15) is 23.3 Å². The lowest BCUT2D eigenvalue weighted by atomic mass is 9.89. The number of carbonyl (C=O) groups is 2. The maximum absolute atomic E-state index is 14.3. The molecule has 2 heterocycles. The molecule has 44 heavy (non-hydrogen) atoms. The molecule has 0 saturated carbocycles. The summed E-state index contributed by atoms with van der Waals surface area (Å²) in [5.41, 5.74) is 4.08. The molecule has 236 valence electrons. The van der Waals surface area contributed by atoms with Gasteiger partial charge in [-0.15, -0.1) is 0 Å². The Morgan fingerprint density at radius 2 is 1.91 bits per heavy atom. The van der Waals surface area contributed by atoms with Crippen LogP contribution < -0.4 is 21.4 Å². The van der Waals surface area contributed by atoms with E-state index in [4.69, 9.17) is 29.1 Å². The van der Waals surface area contributed by atoms with E-state index in [1.54, 1.807) is 20.8 Å². The van der Waals surface area contributed by atoms with Crippen LogP contribution >= 0.6 is 0 Å². The summed E-state index contributed by atoms with van der Waals surface area (Å²) < 4.78 is 42.1. The maximum Gasteiger partial charge on any atom is 0.404 e. The number of allylic oxidation sites excluding steroid dienone is 2. The molecule has 1 aliphatic rings. The second-order valence-electron chi connectivity index (χ2n) is 11.2. The van der Waals surface area contributed by atoms with Crippen LogP contribution in [0.2, 0.25) is 0 Å². The van der Waals surface area contributed by atoms with Crippen molar-refractivity contribution in [2.24, 2.45) is 5.73 Å². The number of aliphatic hydroxyl groups is 1. The van der Waals surface area contributed by atoms with Gasteiger partial charge in [0.2, 0.25) is 6.29 Å². The Hall–Kier alpha value is -4.46. The predicted molar refractivity (Wildman–Crippen MR) is 157 cm³/mol. The number of amides is 2. The van der Waals surface area contributed by atoms with Crippen LogP contribution in [0.3, 0.4) is 0 Å². The van der Waals surface area contributed by atoms with E-state index in [1.165, 1.54) is 31.4 Å². The summed E-state index contributed by atoms with van der Waals surface area (Å²) in [6.07, 6.45) is -4.05. The molecule has 5 N–H and O–H groups in total. The standard InChI is InChI=1S/C31H35FN2O10/c1-14(2)7-8-16-13-17(9-11-19(16)32)27(37)34-21-22(35)18-10-12-20(15(3)24(18)42-28(21)38)41-29-23(36)25(43-30(33)39)26(40-6)31(4,5)44-29/h7,9-13,23,25-26,29,35-36H,8H2,1-6H3,(H2,33,39)(H,34,37). The van der Waals surface area contributed by atoms with E-state index >= 15 is 0 Å². The van der Waals surface area contributed by atoms with E-state index in [9.17, 15) is 29.0 Å². The van der Waals surface area contributed by atoms with Crippen LogP contribution in [0, 0.1) is 12.7 Å². The van der Waals surface area contributed by atoms with Gasteiger partial charge in [-0.2, -0.15) is 0 Å². The molecule has 0 spiro atoms. The number of methoxy groups -OCH3 is 1. The summed E-state index contributed by atoms with van der Waals surface area (Å²) in [5, 5.41) is 24.3. The van der Waals surface area contributed by atoms with Crippen LogP contribution in [0.25, 0.3) is 11.0 Å². The number of anilines is 1. The Bertz CT molecular complexity index is 1680. The van der Waals surface area contributed by atoms with Crippen LogP contribution in [-0.2, 0) is 20.6 Å². The highest BCUT2D eigenvalue weighted by Crippen LogP contribution is 2.38. The molecule has 2 amide bonds. The number of nitrogens with one attached hydrogen (secondary N) is 1. The van der Waals surface area contributed by atoms with Crippen molar-refractivity contribution in [2.45, 2.75) is 71.2 Å². The minimum atomic E-state index is -1.53. The number of benzene rings is 2. The van der Waals surface area contributed by atoms with Crippen molar-refractivity contribution in [2.75, 3.05) is 12.4 Å². The number of aromatic hydroxyl groups is 1. The summed E-state index contributed by atoms with van der Waals surface area (Å²) >= 11 is 0. The summed E-state index contributed by atoms with van der Waals surface area (Å²) in [6.45, 7) is 8.58. The maximum atomic E-state index is 14.3. The van der Waals surface area contributed by atoms with Crippen molar-refractivity contribution in [1.82, 2.24) is 0 Å². The Labute approximate surface area is 252 Å². The largest absolute Gasteiger partial charge is 0.505 e. The number of aryl methyl sites for hydroxylation is 1. The average molecular weight is 615 g/mol. The Morgan fingerprint density at radius 1 is 1.20 bits per heavy atom. The zero-order valence-electron chi connectivity index (χ0n) is 25.1. The summed E-state index contributed by atoms with van der Waals surface area (Å²) in [7, 11) is 1.36. The zero-order valence-corrected chi connectivity index (χ0v) is 25.1. The third kappa shape index (κ3) is 6.54. The first-order valence-corrected chi connectivity index (χ1v) is 13.7. The SMILES string of the molecule is COC1C(OC(N)=O)C(O)C(Oc2ccc3c(O)c(NC(=O)c4ccc(F)c(CC=C(C)C)c4)c(=O)oc3c2C)OC1(C)C. The molecule has 1 aliphatic heterocycles. The highest BCUT2D eigenvalue weighted by atomic mass is 19.1. The number of ether oxygens (including phenoxy) is 4. The lowest BCUT2D eigenvalue weighted by Gasteiger charge is -2.47. The number of aliphatic hydroxyl groups excluding tert-OH is 1. The van der Waals surface area contributed by atoms with E-state index in [-0.39, 0.29) is 39.8 Å². The third-order valence-electron chi connectivity index (χ3n) is 7.29. The summed E-state index contributed by atoms with van der Waals surface area (Å²) in [4.78, 5) is 37.4. The van der Waals surface area contributed by atoms with Crippen molar-refractivity contribution in [3.63, 3.8) is 0 Å². The van der Waals surface area contributed by atoms with Gasteiger partial charge in [0, 0.05) is 18.2 Å². The number of primary amides is 1. The second-order valence-corrected chi connectivity index (χ2v) is 11.2. The van der Waals surface area contributed by atoms with Gasteiger partial charge in [0.25, 0.3) is 5.91 Å². The Morgan fingerprint density at radius 3 is 2.55 bits per heavy atom. The van der Waals surface area contributed by atoms with E-state index in [0.717, 1.165) is 11.6 Å². The first-order chi connectivity index (χ1) is 20.6. The smallest absolute Gasteiger partial charge is 0.404 e. The molecule has 12 nitrogen and oxygen atoms in total. The topological polar surface area (TPSA) is 180 Å². The molecule has 3 aromatic rings. The number of hydrogen-bond acceptors (Lipinski definition) is 10. The Balaban J connectivity index is 1.63. The van der Waals surface area contributed by atoms with Gasteiger partial charge in [-0.25, -0.2) is 14.0 Å². The van der Waals surface area contributed by atoms with E-state index < -0.39 is 65.1 Å². The fourth-order valence-electron chi connectivity index (χ4n) is 5.04. The van der Waals surface area contributed by atoms with Gasteiger partial charge < -0.3 is 44.6 Å². The number of fused-ring (bicyclic) bond motifs is 1. The van der Waals surface area contributed by atoms with Gasteiger partial charge in [0.15, 0.2) is 23.6 Å². The van der Waals surface area contributed by atoms with Crippen LogP contribution in [0.4, 0.5) is 14.9 Å². The second kappa shape index (κ2) is 12.6. The van der Waals surface area contributed by atoms with Gasteiger partial charge in [0.05, 0.1) is 11.0 Å². The molecule has 2 aromatic carbocycles. The van der Waals surface area contributed by atoms with Gasteiger partial charge in [-0.05, 0) is 76.9 Å². The summed E-state index contributed by atoms with van der Waals surface area (Å²) in [5.74, 6) is -1.68. The number of rotatable bonds is 8. The molecule has 1 aromatic heterocycles. The molecule has 0 bridgehead atoms. The van der Waals surface area contributed by atoms with Gasteiger partial charge in [-0.3, -0.25) is 4.79 Å². The molecule has 4 atom stereocenters. The van der Waals surface area contributed by atoms with Crippen molar-refractivity contribution in [1.29, 1.82) is 0 Å². The first kappa shape index (κ1) is 32.5. The number of halogens is 1. The monoisotopic (exact) mass is 614 g/mol. The number of hydrogen-bond donors (Lipinski definition) is 4. The van der Waals surface area contributed by atoms with Crippen molar-refractivity contribution in [3.05, 3.63) is 74.9 Å². The highest BCUT2D eigenvalue weighted by molar-refractivity contribution is 6.06. The van der Waals surface area contributed by atoms with Crippen molar-refractivity contribution >= 4 is 28.7 Å². The van der Waals surface area contributed by atoms with Crippen LogP contribution in [0.15, 0.2) is 51.2 Å². The lowest BCUT2D eigenvalue weighted by molar-refractivity contribution is -0.304. The van der Waals surface area contributed by atoms with Gasteiger partial charge in [-0.1, -0.05) is 11.6 Å². The predicted octanol–water partition coefficient (Wildman–Crippen LogP) is 4.06. The molecular weight excluding hydrogens is 579 g/mol. The molecule has 1 fully saturated rings. The van der Waals surface area contributed by atoms with E-state index in [2.05, 4.69) is 5.32 Å². The van der Waals surface area contributed by atoms with E-state index in [1.807, 2.05) is 19.9 Å². The van der Waals surface area contributed by atoms with Crippen LogP contribution in [-0.4, -0.2) is 59.5 Å². The number of nitrogens with two attached hydrogens (primary N) is 1. The molecule has 0 radical (unpaired) electrons. The number of carbonyl (C=O) groups excluding carboxylic acids is 2. The third-order valence-corrected chi connectivity index (χ3v) is 7.29. The van der Waals surface area contributed by atoms with Crippen LogP contribution in [0.1, 0.15) is 49.2 Å². The van der Waals surface area contributed by atoms with Crippen molar-refractivity contribution in [3.8, 4) is 11.5 Å². The molecule has 1 saturated heterocycles. The van der Waals surface area contributed by atoms with Crippen LogP contribution in [0.5, 0.6) is 11.5 Å². The first-order valence-electron chi connectivity index (χ1n) is 13.7.